The van der Waals surface area contributed by atoms with E-state index in [-0.39, 0.29) is 0 Å². The van der Waals surface area contributed by atoms with Crippen molar-refractivity contribution in [2.75, 3.05) is 5.73 Å². The summed E-state index contributed by atoms with van der Waals surface area (Å²) < 4.78 is 5.61. The molecule has 16 heavy (non-hydrogen) atoms. The number of nitrogens with zero attached hydrogens (tertiary/aromatic N) is 1. The summed E-state index contributed by atoms with van der Waals surface area (Å²) in [5.74, 6) is 0.777. The molecule has 0 saturated heterocycles. The van der Waals surface area contributed by atoms with Gasteiger partial charge in [-0.2, -0.15) is 0 Å². The fraction of sp³-hybridized carbons (Fsp3) is 0.154. The minimum atomic E-state index is 0.539. The lowest BCUT2D eigenvalue weighted by atomic mass is 10.1. The Kier molecular flexibility index (Phi) is 3.05. The van der Waals surface area contributed by atoms with E-state index in [1.165, 1.54) is 0 Å². The van der Waals surface area contributed by atoms with Crippen LogP contribution in [-0.2, 0) is 6.61 Å². The van der Waals surface area contributed by atoms with Crippen LogP contribution in [0.15, 0.2) is 42.7 Å². The Balaban J connectivity index is 2.05. The van der Waals surface area contributed by atoms with Crippen molar-refractivity contribution in [1.82, 2.24) is 4.98 Å². The molecule has 1 aromatic carbocycles. The molecule has 0 aliphatic heterocycles. The van der Waals surface area contributed by atoms with E-state index in [4.69, 9.17) is 10.5 Å². The molecule has 0 saturated carbocycles. The summed E-state index contributed by atoms with van der Waals surface area (Å²) in [6.45, 7) is 2.57. The number of aromatic nitrogens is 1. The maximum absolute atomic E-state index is 5.68. The SMILES string of the molecule is Cc1cc(N)ccc1COc1cccnc1. The lowest BCUT2D eigenvalue weighted by Crippen LogP contribution is -1.99. The third kappa shape index (κ3) is 2.51. The molecule has 2 rings (SSSR count). The average molecular weight is 214 g/mol. The Morgan fingerprint density at radius 2 is 2.19 bits per heavy atom. The molecule has 0 aliphatic rings. The van der Waals surface area contributed by atoms with E-state index < -0.39 is 0 Å². The molecular weight excluding hydrogens is 200 g/mol. The van der Waals surface area contributed by atoms with Crippen molar-refractivity contribution in [2.45, 2.75) is 13.5 Å². The predicted molar refractivity (Wildman–Crippen MR) is 64.2 cm³/mol. The van der Waals surface area contributed by atoms with Gasteiger partial charge in [-0.25, -0.2) is 0 Å². The minimum absolute atomic E-state index is 0.539. The number of pyridine rings is 1. The first-order chi connectivity index (χ1) is 7.75. The van der Waals surface area contributed by atoms with Crippen LogP contribution in [0.3, 0.4) is 0 Å². The lowest BCUT2D eigenvalue weighted by Gasteiger charge is -2.08. The number of hydrogen-bond acceptors (Lipinski definition) is 3. The monoisotopic (exact) mass is 214 g/mol. The molecule has 1 aromatic heterocycles. The first kappa shape index (κ1) is 10.5. The second-order valence-electron chi connectivity index (χ2n) is 3.66. The van der Waals surface area contributed by atoms with Crippen molar-refractivity contribution in [1.29, 1.82) is 0 Å². The van der Waals surface area contributed by atoms with E-state index in [1.807, 2.05) is 37.3 Å². The molecule has 3 nitrogen and oxygen atoms in total. The van der Waals surface area contributed by atoms with E-state index in [0.717, 1.165) is 22.6 Å². The smallest absolute Gasteiger partial charge is 0.138 e. The molecule has 0 bridgehead atoms. The Morgan fingerprint density at radius 1 is 1.31 bits per heavy atom. The summed E-state index contributed by atoms with van der Waals surface area (Å²) in [6, 6.07) is 9.56. The van der Waals surface area contributed by atoms with Crippen molar-refractivity contribution in [3.63, 3.8) is 0 Å². The normalized spacial score (nSPS) is 10.1. The summed E-state index contributed by atoms with van der Waals surface area (Å²) in [4.78, 5) is 3.99. The molecule has 82 valence electrons. The Labute approximate surface area is 94.9 Å². The van der Waals surface area contributed by atoms with Crippen molar-refractivity contribution in [2.24, 2.45) is 0 Å². The van der Waals surface area contributed by atoms with E-state index in [1.54, 1.807) is 12.4 Å². The van der Waals surface area contributed by atoms with Crippen molar-refractivity contribution in [3.8, 4) is 5.75 Å². The summed E-state index contributed by atoms with van der Waals surface area (Å²) in [5, 5.41) is 0. The van der Waals surface area contributed by atoms with Crippen LogP contribution in [0.4, 0.5) is 5.69 Å². The Hall–Kier alpha value is -2.03. The molecule has 0 spiro atoms. The van der Waals surface area contributed by atoms with Gasteiger partial charge in [0.05, 0.1) is 6.20 Å². The molecule has 0 atom stereocenters. The fourth-order valence-electron chi connectivity index (χ4n) is 1.47. The summed E-state index contributed by atoms with van der Waals surface area (Å²) in [5.41, 5.74) is 8.74. The topological polar surface area (TPSA) is 48.1 Å². The van der Waals surface area contributed by atoms with Crippen LogP contribution in [0, 0.1) is 6.92 Å². The number of aryl methyl sites for hydroxylation is 1. The number of nitrogens with two attached hydrogens (primary N) is 1. The number of nitrogen functional groups attached to an aromatic ring is 1. The van der Waals surface area contributed by atoms with Gasteiger partial charge >= 0.3 is 0 Å². The number of ether oxygens (including phenoxy) is 1. The quantitative estimate of drug-likeness (QED) is 0.799. The highest BCUT2D eigenvalue weighted by Gasteiger charge is 2.00. The van der Waals surface area contributed by atoms with Crippen LogP contribution < -0.4 is 10.5 Å². The molecule has 0 amide bonds. The maximum atomic E-state index is 5.68. The third-order valence-corrected chi connectivity index (χ3v) is 2.40. The van der Waals surface area contributed by atoms with Gasteiger partial charge in [-0.3, -0.25) is 4.98 Å². The van der Waals surface area contributed by atoms with Crippen LogP contribution in [-0.4, -0.2) is 4.98 Å². The zero-order chi connectivity index (χ0) is 11.4. The zero-order valence-electron chi connectivity index (χ0n) is 9.18. The third-order valence-electron chi connectivity index (χ3n) is 2.40. The summed E-state index contributed by atoms with van der Waals surface area (Å²) >= 11 is 0. The van der Waals surface area contributed by atoms with Crippen molar-refractivity contribution < 1.29 is 4.74 Å². The van der Waals surface area contributed by atoms with E-state index in [9.17, 15) is 0 Å². The molecule has 3 heteroatoms. The number of hydrogen-bond donors (Lipinski definition) is 1. The van der Waals surface area contributed by atoms with Gasteiger partial charge in [-0.1, -0.05) is 6.07 Å². The highest BCUT2D eigenvalue weighted by atomic mass is 16.5. The number of rotatable bonds is 3. The van der Waals surface area contributed by atoms with Crippen LogP contribution in [0.1, 0.15) is 11.1 Å². The van der Waals surface area contributed by atoms with Gasteiger partial charge in [0, 0.05) is 11.9 Å². The van der Waals surface area contributed by atoms with Crippen LogP contribution in [0.5, 0.6) is 5.75 Å². The van der Waals surface area contributed by atoms with E-state index in [0.29, 0.717) is 6.61 Å². The van der Waals surface area contributed by atoms with Gasteiger partial charge in [0.1, 0.15) is 12.4 Å². The highest BCUT2D eigenvalue weighted by molar-refractivity contribution is 5.44. The molecule has 2 aromatic rings. The van der Waals surface area contributed by atoms with Crippen LogP contribution in [0.25, 0.3) is 0 Å². The standard InChI is InChI=1S/C13H14N2O/c1-10-7-12(14)5-4-11(10)9-16-13-3-2-6-15-8-13/h2-8H,9,14H2,1H3. The molecule has 0 unspecified atom stereocenters. The lowest BCUT2D eigenvalue weighted by molar-refractivity contribution is 0.304. The van der Waals surface area contributed by atoms with Crippen LogP contribution in [0.2, 0.25) is 0 Å². The largest absolute Gasteiger partial charge is 0.487 e. The van der Waals surface area contributed by atoms with Crippen molar-refractivity contribution >= 4 is 5.69 Å². The van der Waals surface area contributed by atoms with E-state index in [2.05, 4.69) is 4.98 Å². The highest BCUT2D eigenvalue weighted by Crippen LogP contribution is 2.15. The number of benzene rings is 1. The zero-order valence-corrected chi connectivity index (χ0v) is 9.18. The summed E-state index contributed by atoms with van der Waals surface area (Å²) in [6.07, 6.45) is 3.42. The van der Waals surface area contributed by atoms with Crippen molar-refractivity contribution in [3.05, 3.63) is 53.9 Å². The molecule has 0 radical (unpaired) electrons. The minimum Gasteiger partial charge on any atom is -0.487 e. The van der Waals surface area contributed by atoms with Gasteiger partial charge in [0.15, 0.2) is 0 Å². The first-order valence-electron chi connectivity index (χ1n) is 5.13. The second-order valence-corrected chi connectivity index (χ2v) is 3.66. The first-order valence-corrected chi connectivity index (χ1v) is 5.13. The maximum Gasteiger partial charge on any atom is 0.138 e. The average Bonchev–Trinajstić information content (AvgIpc) is 2.29. The van der Waals surface area contributed by atoms with E-state index >= 15 is 0 Å². The molecule has 2 N–H and O–H groups in total. The molecule has 0 aliphatic carbocycles. The second kappa shape index (κ2) is 4.66. The van der Waals surface area contributed by atoms with Crippen LogP contribution >= 0.6 is 0 Å². The Morgan fingerprint density at radius 3 is 2.88 bits per heavy atom. The van der Waals surface area contributed by atoms with Gasteiger partial charge in [-0.05, 0) is 42.3 Å². The number of anilines is 1. The van der Waals surface area contributed by atoms with Gasteiger partial charge in [0.25, 0.3) is 0 Å². The molecular formula is C13H14N2O. The summed E-state index contributed by atoms with van der Waals surface area (Å²) in [7, 11) is 0. The van der Waals surface area contributed by atoms with Gasteiger partial charge in [0.2, 0.25) is 0 Å². The molecule has 0 fully saturated rings. The fourth-order valence-corrected chi connectivity index (χ4v) is 1.47. The van der Waals surface area contributed by atoms with Gasteiger partial charge < -0.3 is 10.5 Å². The van der Waals surface area contributed by atoms with Gasteiger partial charge in [-0.15, -0.1) is 0 Å². The molecule has 1 heterocycles. The Bertz CT molecular complexity index is 469. The predicted octanol–water partition coefficient (Wildman–Crippen LogP) is 2.55.